The Morgan fingerprint density at radius 2 is 1.44 bits per heavy atom. The molecule has 1 saturated heterocycles. The second kappa shape index (κ2) is 12.6. The molecule has 2 unspecified atom stereocenters. The number of carboxylic acid groups (broad SMARTS) is 1. The van der Waals surface area contributed by atoms with Gasteiger partial charge < -0.3 is 19.9 Å². The molecule has 1 aliphatic heterocycles. The Labute approximate surface area is 250 Å². The summed E-state index contributed by atoms with van der Waals surface area (Å²) in [6, 6.07) is 20.9. The third kappa shape index (κ3) is 8.09. The molecule has 3 aromatic carbocycles. The Morgan fingerprint density at radius 1 is 0.884 bits per heavy atom. The van der Waals surface area contributed by atoms with E-state index >= 15 is 0 Å². The van der Waals surface area contributed by atoms with Crippen LogP contribution in [0.25, 0.3) is 0 Å². The number of alkyl halides is 3. The predicted molar refractivity (Wildman–Crippen MR) is 158 cm³/mol. The Kier molecular flexibility index (Phi) is 9.04. The lowest BCUT2D eigenvalue weighted by Crippen LogP contribution is -2.33. The van der Waals surface area contributed by atoms with E-state index < -0.39 is 23.8 Å². The van der Waals surface area contributed by atoms with Gasteiger partial charge in [-0.05, 0) is 70.3 Å². The Balaban J connectivity index is 0.999. The van der Waals surface area contributed by atoms with E-state index in [1.165, 1.54) is 0 Å². The highest BCUT2D eigenvalue weighted by molar-refractivity contribution is 5.73. The van der Waals surface area contributed by atoms with Gasteiger partial charge in [0.2, 0.25) is 0 Å². The summed E-state index contributed by atoms with van der Waals surface area (Å²) in [6.45, 7) is 10.1. The number of halogens is 3. The zero-order chi connectivity index (χ0) is 30.8. The molecule has 0 radical (unpaired) electrons. The number of benzene rings is 3. The second-order valence-electron chi connectivity index (χ2n) is 12.6. The molecule has 4 atom stereocenters. The number of ether oxygens (including phenoxy) is 2. The predicted octanol–water partition coefficient (Wildman–Crippen LogP) is 6.18. The van der Waals surface area contributed by atoms with E-state index in [0.29, 0.717) is 43.3 Å². The number of carboxylic acids is 1. The van der Waals surface area contributed by atoms with Gasteiger partial charge in [-0.2, -0.15) is 13.2 Å². The van der Waals surface area contributed by atoms with Crippen LogP contribution in [0.15, 0.2) is 72.8 Å². The van der Waals surface area contributed by atoms with Gasteiger partial charge in [0.25, 0.3) is 0 Å². The molecule has 2 fully saturated rings. The molecule has 2 aliphatic rings. The van der Waals surface area contributed by atoms with Crippen LogP contribution in [0.5, 0.6) is 11.5 Å². The summed E-state index contributed by atoms with van der Waals surface area (Å²) >= 11 is 0. The summed E-state index contributed by atoms with van der Waals surface area (Å²) in [4.78, 5) is 14.2. The maximum Gasteiger partial charge on any atom is 0.416 e. The fourth-order valence-corrected chi connectivity index (χ4v) is 5.81. The molecule has 5 rings (SSSR count). The number of hydrogen-bond acceptors (Lipinski definition) is 5. The highest BCUT2D eigenvalue weighted by Gasteiger charge is 2.55. The number of nitrogens with zero attached hydrogens (tertiary/aromatic N) is 1. The molecular formula is C34H39F3N2O4. The van der Waals surface area contributed by atoms with Gasteiger partial charge in [-0.25, -0.2) is 4.79 Å². The van der Waals surface area contributed by atoms with Gasteiger partial charge in [0.15, 0.2) is 6.10 Å². The molecule has 230 valence electrons. The fourth-order valence-electron chi connectivity index (χ4n) is 5.81. The monoisotopic (exact) mass is 596 g/mol. The van der Waals surface area contributed by atoms with Gasteiger partial charge in [0.05, 0.1) is 5.56 Å². The quantitative estimate of drug-likeness (QED) is 0.244. The van der Waals surface area contributed by atoms with Gasteiger partial charge in [-0.1, -0.05) is 57.2 Å². The van der Waals surface area contributed by atoms with Crippen molar-refractivity contribution in [1.29, 1.82) is 0 Å². The average molecular weight is 597 g/mol. The fraction of sp³-hybridized carbons (Fsp3) is 0.441. The zero-order valence-electron chi connectivity index (χ0n) is 24.7. The second-order valence-corrected chi connectivity index (χ2v) is 12.6. The number of aliphatic carboxylic acids is 1. The minimum absolute atomic E-state index is 0.00661. The summed E-state index contributed by atoms with van der Waals surface area (Å²) < 4.78 is 50.0. The molecule has 3 aromatic rings. The van der Waals surface area contributed by atoms with Crippen molar-refractivity contribution in [2.75, 3.05) is 26.2 Å². The standard InChI is InChI=1S/C34H39F3N2O4/c1-33(2,3)24-10-14-27(15-11-24)43-30(32(40)41)18-22-6-12-26(13-7-22)42-17-16-38-31-28-20-39(21-29(28)31)19-23-4-8-25(9-5-23)34(35,36)37/h4-15,28-31,38H,16-21H2,1-3H3,(H,40,41)/t28-,29?,30-,31?/m0/s1. The van der Waals surface area contributed by atoms with Crippen molar-refractivity contribution < 1.29 is 32.5 Å². The van der Waals surface area contributed by atoms with Gasteiger partial charge in [-0.15, -0.1) is 0 Å². The molecule has 0 aromatic heterocycles. The van der Waals surface area contributed by atoms with Crippen LogP contribution in [0, 0.1) is 11.8 Å². The van der Waals surface area contributed by atoms with E-state index in [9.17, 15) is 23.1 Å². The first-order chi connectivity index (χ1) is 20.4. The van der Waals surface area contributed by atoms with Crippen LogP contribution in [0.2, 0.25) is 0 Å². The third-order valence-corrected chi connectivity index (χ3v) is 8.33. The zero-order valence-corrected chi connectivity index (χ0v) is 24.7. The van der Waals surface area contributed by atoms with Crippen molar-refractivity contribution in [2.24, 2.45) is 11.8 Å². The number of carbonyl (C=O) groups is 1. The lowest BCUT2D eigenvalue weighted by molar-refractivity contribution is -0.145. The first kappa shape index (κ1) is 30.9. The van der Waals surface area contributed by atoms with Crippen molar-refractivity contribution in [3.8, 4) is 11.5 Å². The van der Waals surface area contributed by atoms with E-state index in [-0.39, 0.29) is 11.8 Å². The number of fused-ring (bicyclic) bond motifs is 1. The van der Waals surface area contributed by atoms with Crippen molar-refractivity contribution in [2.45, 2.75) is 57.5 Å². The van der Waals surface area contributed by atoms with Crippen molar-refractivity contribution >= 4 is 5.97 Å². The van der Waals surface area contributed by atoms with Crippen LogP contribution < -0.4 is 14.8 Å². The number of likely N-dealkylation sites (tertiary alicyclic amines) is 1. The molecule has 9 heteroatoms. The summed E-state index contributed by atoms with van der Waals surface area (Å²) in [5, 5.41) is 13.3. The minimum atomic E-state index is -4.30. The summed E-state index contributed by atoms with van der Waals surface area (Å²) in [7, 11) is 0. The normalized spacial score (nSPS) is 20.8. The molecular weight excluding hydrogens is 557 g/mol. The maximum atomic E-state index is 12.8. The maximum absolute atomic E-state index is 12.8. The third-order valence-electron chi connectivity index (χ3n) is 8.33. The Bertz CT molecular complexity index is 1360. The highest BCUT2D eigenvalue weighted by atomic mass is 19.4. The lowest BCUT2D eigenvalue weighted by Gasteiger charge is -2.20. The van der Waals surface area contributed by atoms with E-state index in [1.54, 1.807) is 12.1 Å². The number of rotatable bonds is 12. The minimum Gasteiger partial charge on any atom is -0.492 e. The van der Waals surface area contributed by atoms with Crippen LogP contribution in [-0.2, 0) is 29.4 Å². The number of hydrogen-bond donors (Lipinski definition) is 2. The molecule has 43 heavy (non-hydrogen) atoms. The van der Waals surface area contributed by atoms with Crippen LogP contribution >= 0.6 is 0 Å². The highest BCUT2D eigenvalue weighted by Crippen LogP contribution is 2.45. The van der Waals surface area contributed by atoms with E-state index in [0.717, 1.165) is 47.7 Å². The van der Waals surface area contributed by atoms with E-state index in [4.69, 9.17) is 9.47 Å². The van der Waals surface area contributed by atoms with Crippen LogP contribution in [0.4, 0.5) is 13.2 Å². The van der Waals surface area contributed by atoms with Crippen molar-refractivity contribution in [3.05, 3.63) is 95.1 Å². The first-order valence-corrected chi connectivity index (χ1v) is 14.7. The van der Waals surface area contributed by atoms with Gasteiger partial charge in [0, 0.05) is 38.6 Å². The molecule has 2 N–H and O–H groups in total. The summed E-state index contributed by atoms with van der Waals surface area (Å²) in [5.74, 6) is 1.36. The summed E-state index contributed by atoms with van der Waals surface area (Å²) in [5.41, 5.74) is 2.29. The molecule has 1 aliphatic carbocycles. The first-order valence-electron chi connectivity index (χ1n) is 14.7. The Morgan fingerprint density at radius 3 is 2.00 bits per heavy atom. The van der Waals surface area contributed by atoms with Crippen LogP contribution in [0.1, 0.15) is 43.0 Å². The number of nitrogens with one attached hydrogen (secondary N) is 1. The SMILES string of the molecule is CC(C)(C)c1ccc(O[C@@H](Cc2ccc(OCCNC3C4CN(Cc5ccc(C(F)(F)F)cc5)C[C@@H]43)cc2)C(=O)O)cc1. The molecule has 1 heterocycles. The molecule has 0 spiro atoms. The molecule has 6 nitrogen and oxygen atoms in total. The lowest BCUT2D eigenvalue weighted by atomic mass is 9.87. The van der Waals surface area contributed by atoms with Gasteiger partial charge in [-0.3, -0.25) is 4.90 Å². The molecule has 1 saturated carbocycles. The Hall–Kier alpha value is -3.56. The largest absolute Gasteiger partial charge is 0.492 e. The smallest absolute Gasteiger partial charge is 0.416 e. The van der Waals surface area contributed by atoms with E-state index in [1.807, 2.05) is 48.5 Å². The topological polar surface area (TPSA) is 71.0 Å². The van der Waals surface area contributed by atoms with Crippen molar-refractivity contribution in [3.63, 3.8) is 0 Å². The average Bonchev–Trinajstić information content (AvgIpc) is 3.40. The van der Waals surface area contributed by atoms with E-state index in [2.05, 4.69) is 31.0 Å². The molecule has 0 amide bonds. The number of piperidine rings is 1. The molecule has 0 bridgehead atoms. The van der Waals surface area contributed by atoms with Crippen LogP contribution in [-0.4, -0.2) is 54.4 Å². The van der Waals surface area contributed by atoms with Gasteiger partial charge >= 0.3 is 12.1 Å². The van der Waals surface area contributed by atoms with Crippen LogP contribution in [0.3, 0.4) is 0 Å². The van der Waals surface area contributed by atoms with Crippen molar-refractivity contribution in [1.82, 2.24) is 10.2 Å². The van der Waals surface area contributed by atoms with Gasteiger partial charge in [0.1, 0.15) is 18.1 Å². The summed E-state index contributed by atoms with van der Waals surface area (Å²) in [6.07, 6.45) is -5.07.